The summed E-state index contributed by atoms with van der Waals surface area (Å²) in [5.41, 5.74) is 0.516. The summed E-state index contributed by atoms with van der Waals surface area (Å²) in [6.07, 6.45) is 1.75. The van der Waals surface area contributed by atoms with Crippen molar-refractivity contribution in [1.82, 2.24) is 19.2 Å². The summed E-state index contributed by atoms with van der Waals surface area (Å²) in [6, 6.07) is 0.206. The Bertz CT molecular complexity index is 619. The predicted octanol–water partition coefficient (Wildman–Crippen LogP) is 1.44. The van der Waals surface area contributed by atoms with Crippen LogP contribution in [-0.2, 0) is 0 Å². The van der Waals surface area contributed by atoms with Gasteiger partial charge in [-0.3, -0.25) is 9.78 Å². The van der Waals surface area contributed by atoms with E-state index in [-0.39, 0.29) is 11.6 Å². The molecule has 80 valence electrons. The smallest absolute Gasteiger partial charge is 0.255 e. The minimum absolute atomic E-state index is 0.126. The number of nitrogens with zero attached hydrogens (tertiary/aromatic N) is 3. The van der Waals surface area contributed by atoms with Gasteiger partial charge in [-0.2, -0.15) is 4.98 Å². The van der Waals surface area contributed by atoms with Gasteiger partial charge in [0, 0.05) is 17.8 Å². The van der Waals surface area contributed by atoms with Gasteiger partial charge in [-0.05, 0) is 33.0 Å². The van der Waals surface area contributed by atoms with E-state index in [1.165, 1.54) is 0 Å². The zero-order valence-electron chi connectivity index (χ0n) is 8.81. The van der Waals surface area contributed by atoms with Gasteiger partial charge in [0.05, 0.1) is 0 Å². The number of hydrogen-bond donors (Lipinski definition) is 1. The Labute approximate surface area is 91.4 Å². The number of rotatable bonds is 1. The first kappa shape index (κ1) is 10.1. The molecule has 0 fully saturated rings. The van der Waals surface area contributed by atoms with Crippen LogP contribution >= 0.6 is 12.2 Å². The van der Waals surface area contributed by atoms with Crippen LogP contribution in [0.5, 0.6) is 0 Å². The molecule has 0 radical (unpaired) electrons. The number of aryl methyl sites for hydroxylation is 1. The van der Waals surface area contributed by atoms with Crippen molar-refractivity contribution in [2.24, 2.45) is 0 Å². The molecule has 0 aliphatic heterocycles. The molecule has 0 aromatic carbocycles. The Morgan fingerprint density at radius 2 is 2.20 bits per heavy atom. The highest BCUT2D eigenvalue weighted by Gasteiger charge is 2.08. The molecule has 0 saturated heterocycles. The average molecular weight is 224 g/mol. The highest BCUT2D eigenvalue weighted by molar-refractivity contribution is 7.71. The topological polar surface area (TPSA) is 55.1 Å². The lowest BCUT2D eigenvalue weighted by atomic mass is 10.4. The highest BCUT2D eigenvalue weighted by atomic mass is 32.1. The first-order valence-corrected chi connectivity index (χ1v) is 5.12. The van der Waals surface area contributed by atoms with Crippen molar-refractivity contribution in [1.29, 1.82) is 0 Å². The Morgan fingerprint density at radius 3 is 2.80 bits per heavy atom. The third-order valence-electron chi connectivity index (χ3n) is 2.24. The molecule has 15 heavy (non-hydrogen) atoms. The molecule has 0 atom stereocenters. The van der Waals surface area contributed by atoms with Gasteiger partial charge in [-0.25, -0.2) is 9.20 Å². The van der Waals surface area contributed by atoms with Crippen molar-refractivity contribution < 1.29 is 0 Å². The molecule has 0 aliphatic rings. The molecule has 5 nitrogen and oxygen atoms in total. The summed E-state index contributed by atoms with van der Waals surface area (Å²) in [5.74, 6) is 0.490. The van der Waals surface area contributed by atoms with Crippen LogP contribution in [0, 0.1) is 11.7 Å². The second-order valence-corrected chi connectivity index (χ2v) is 4.13. The van der Waals surface area contributed by atoms with Crippen LogP contribution in [0.25, 0.3) is 5.78 Å². The SMILES string of the molecule is Cc1cn2c(nc(=S)n2C(C)C)[nH]c1=O. The molecular weight excluding hydrogens is 212 g/mol. The summed E-state index contributed by atoms with van der Waals surface area (Å²) in [7, 11) is 0. The van der Waals surface area contributed by atoms with Crippen LogP contribution < -0.4 is 5.56 Å². The molecule has 2 aromatic rings. The first-order chi connectivity index (χ1) is 7.00. The third-order valence-corrected chi connectivity index (χ3v) is 2.51. The van der Waals surface area contributed by atoms with Crippen LogP contribution in [-0.4, -0.2) is 19.2 Å². The van der Waals surface area contributed by atoms with E-state index in [0.29, 0.717) is 16.1 Å². The zero-order chi connectivity index (χ0) is 11.2. The van der Waals surface area contributed by atoms with Crippen molar-refractivity contribution in [2.45, 2.75) is 26.8 Å². The van der Waals surface area contributed by atoms with Crippen molar-refractivity contribution in [3.8, 4) is 0 Å². The van der Waals surface area contributed by atoms with Crippen LogP contribution in [0.4, 0.5) is 0 Å². The van der Waals surface area contributed by atoms with Crippen LogP contribution in [0.1, 0.15) is 25.5 Å². The van der Waals surface area contributed by atoms with Crippen molar-refractivity contribution in [2.75, 3.05) is 0 Å². The molecule has 0 aliphatic carbocycles. The maximum atomic E-state index is 11.4. The monoisotopic (exact) mass is 224 g/mol. The highest BCUT2D eigenvalue weighted by Crippen LogP contribution is 2.07. The van der Waals surface area contributed by atoms with Crippen LogP contribution in [0.2, 0.25) is 0 Å². The number of nitrogens with one attached hydrogen (secondary N) is 1. The van der Waals surface area contributed by atoms with Crippen LogP contribution in [0.15, 0.2) is 11.0 Å². The van der Waals surface area contributed by atoms with Gasteiger partial charge < -0.3 is 0 Å². The Morgan fingerprint density at radius 1 is 1.53 bits per heavy atom. The molecule has 2 heterocycles. The minimum atomic E-state index is -0.126. The van der Waals surface area contributed by atoms with Crippen molar-refractivity contribution in [3.05, 3.63) is 26.9 Å². The fourth-order valence-electron chi connectivity index (χ4n) is 1.51. The van der Waals surface area contributed by atoms with E-state index >= 15 is 0 Å². The lowest BCUT2D eigenvalue weighted by Crippen LogP contribution is -2.16. The Kier molecular flexibility index (Phi) is 2.22. The second kappa shape index (κ2) is 3.30. The third kappa shape index (κ3) is 1.50. The van der Waals surface area contributed by atoms with E-state index < -0.39 is 0 Å². The Balaban J connectivity index is 2.94. The molecule has 6 heteroatoms. The second-order valence-electron chi connectivity index (χ2n) is 3.77. The first-order valence-electron chi connectivity index (χ1n) is 4.71. The number of hydrogen-bond acceptors (Lipinski definition) is 3. The molecular formula is C9H12N4OS. The van der Waals surface area contributed by atoms with Gasteiger partial charge in [0.25, 0.3) is 5.56 Å². The Hall–Kier alpha value is -1.43. The van der Waals surface area contributed by atoms with Gasteiger partial charge in [0.2, 0.25) is 10.5 Å². The summed E-state index contributed by atoms with van der Waals surface area (Å²) in [4.78, 5) is 18.2. The maximum absolute atomic E-state index is 11.4. The molecule has 0 saturated carbocycles. The van der Waals surface area contributed by atoms with E-state index in [9.17, 15) is 4.79 Å². The summed E-state index contributed by atoms with van der Waals surface area (Å²) >= 11 is 5.12. The van der Waals surface area contributed by atoms with Gasteiger partial charge in [0.1, 0.15) is 0 Å². The van der Waals surface area contributed by atoms with Gasteiger partial charge in [0.15, 0.2) is 0 Å². The van der Waals surface area contributed by atoms with E-state index in [1.807, 2.05) is 18.5 Å². The quantitative estimate of drug-likeness (QED) is 0.746. The molecule has 0 spiro atoms. The van der Waals surface area contributed by atoms with Crippen molar-refractivity contribution >= 4 is 18.0 Å². The standard InChI is InChI=1S/C9H12N4OS/c1-5(2)13-9(15)11-8-10-7(14)6(3)4-12(8)13/h4-5H,1-3H3,(H,10,11,14,15). The molecule has 0 amide bonds. The van der Waals surface area contributed by atoms with E-state index in [1.54, 1.807) is 17.6 Å². The fourth-order valence-corrected chi connectivity index (χ4v) is 1.89. The van der Waals surface area contributed by atoms with Gasteiger partial charge >= 0.3 is 0 Å². The van der Waals surface area contributed by atoms with Crippen LogP contribution in [0.3, 0.4) is 0 Å². The number of aromatic nitrogens is 4. The normalized spacial score (nSPS) is 11.5. The number of fused-ring (bicyclic) bond motifs is 1. The summed E-state index contributed by atoms with van der Waals surface area (Å²) < 4.78 is 4.11. The largest absolute Gasteiger partial charge is 0.291 e. The predicted molar refractivity (Wildman–Crippen MR) is 59.8 cm³/mol. The average Bonchev–Trinajstić information content (AvgIpc) is 2.41. The zero-order valence-corrected chi connectivity index (χ0v) is 9.63. The van der Waals surface area contributed by atoms with E-state index in [2.05, 4.69) is 9.97 Å². The maximum Gasteiger partial charge on any atom is 0.255 e. The van der Waals surface area contributed by atoms with E-state index in [0.717, 1.165) is 0 Å². The summed E-state index contributed by atoms with van der Waals surface area (Å²) in [5, 5.41) is 0. The molecule has 2 aromatic heterocycles. The van der Waals surface area contributed by atoms with Gasteiger partial charge in [-0.1, -0.05) is 0 Å². The molecule has 2 rings (SSSR count). The lowest BCUT2D eigenvalue weighted by molar-refractivity contribution is 0.493. The molecule has 0 unspecified atom stereocenters. The number of H-pyrrole nitrogens is 1. The lowest BCUT2D eigenvalue weighted by Gasteiger charge is -2.09. The molecule has 1 N–H and O–H groups in total. The van der Waals surface area contributed by atoms with Crippen molar-refractivity contribution in [3.63, 3.8) is 0 Å². The fraction of sp³-hybridized carbons (Fsp3) is 0.444. The number of aromatic amines is 1. The summed E-state index contributed by atoms with van der Waals surface area (Å²) in [6.45, 7) is 5.79. The molecule has 0 bridgehead atoms. The van der Waals surface area contributed by atoms with E-state index in [4.69, 9.17) is 12.2 Å². The van der Waals surface area contributed by atoms with Gasteiger partial charge in [-0.15, -0.1) is 0 Å². The minimum Gasteiger partial charge on any atom is -0.291 e.